The molecule has 0 aliphatic carbocycles. The zero-order valence-electron chi connectivity index (χ0n) is 45.8. The van der Waals surface area contributed by atoms with Gasteiger partial charge in [-0.3, -0.25) is 28.8 Å². The number of fused-ring (bicyclic) bond motifs is 5. The van der Waals surface area contributed by atoms with Crippen LogP contribution in [0.4, 0.5) is 11.6 Å². The third kappa shape index (κ3) is 14.7. The zero-order chi connectivity index (χ0) is 55.3. The molecular formula is C57H78N12O7. The lowest BCUT2D eigenvalue weighted by Crippen LogP contribution is -2.59. The second-order valence-electron chi connectivity index (χ2n) is 21.3. The van der Waals surface area contributed by atoms with E-state index in [9.17, 15) is 28.8 Å². The Morgan fingerprint density at radius 2 is 1.64 bits per heavy atom. The fraction of sp³-hybridized carbons (Fsp3) is 0.526. The summed E-state index contributed by atoms with van der Waals surface area (Å²) >= 11 is 0. The Labute approximate surface area is 447 Å². The number of aryl methyl sites for hydroxylation is 1. The number of rotatable bonds is 21. The Bertz CT molecular complexity index is 2750. The van der Waals surface area contributed by atoms with E-state index in [1.54, 1.807) is 48.9 Å². The topological polar surface area (TPSA) is 239 Å². The largest absolute Gasteiger partial charge is 0.482 e. The monoisotopic (exact) mass is 1040 g/mol. The average Bonchev–Trinajstić information content (AvgIpc) is 3.99. The average molecular weight is 1040 g/mol. The number of carbonyl (C=O) groups excluding carboxylic acids is 6. The Morgan fingerprint density at radius 1 is 0.961 bits per heavy atom. The molecule has 0 radical (unpaired) electrons. The Balaban J connectivity index is 0.963. The maximum atomic E-state index is 14.4. The Kier molecular flexibility index (Phi) is 20.2. The molecule has 0 spiro atoms. The normalized spacial score (nSPS) is 17.6. The molecule has 2 aliphatic heterocycles. The van der Waals surface area contributed by atoms with Crippen molar-refractivity contribution in [2.24, 2.45) is 5.41 Å². The molecule has 0 unspecified atom stereocenters. The molecule has 0 saturated carbocycles. The number of ether oxygens (including phenoxy) is 1. The smallest absolute Gasteiger partial charge is 0.260 e. The van der Waals surface area contributed by atoms with Crippen molar-refractivity contribution in [1.82, 2.24) is 51.1 Å². The number of nitrogens with zero attached hydrogens (tertiary/aromatic N) is 6. The minimum atomic E-state index is -0.915. The summed E-state index contributed by atoms with van der Waals surface area (Å²) < 4.78 is 7.87. The van der Waals surface area contributed by atoms with Gasteiger partial charge in [-0.25, -0.2) is 4.98 Å². The molecule has 19 nitrogen and oxygen atoms in total. The summed E-state index contributed by atoms with van der Waals surface area (Å²) in [5.74, 6) is -0.760. The first kappa shape index (κ1) is 57.9. The fourth-order valence-corrected chi connectivity index (χ4v) is 9.82. The molecule has 2 aromatic carbocycles. The van der Waals surface area contributed by atoms with Crippen LogP contribution in [-0.4, -0.2) is 111 Å². The quantitative estimate of drug-likeness (QED) is 0.0373. The number of amides is 6. The number of aromatic nitrogens is 3. The predicted molar refractivity (Wildman–Crippen MR) is 292 cm³/mol. The van der Waals surface area contributed by atoms with E-state index in [2.05, 4.69) is 36.4 Å². The van der Waals surface area contributed by atoms with Crippen molar-refractivity contribution in [1.29, 1.82) is 0 Å². The van der Waals surface area contributed by atoms with Crippen molar-refractivity contribution in [3.63, 3.8) is 0 Å². The first-order valence-corrected chi connectivity index (χ1v) is 26.7. The second kappa shape index (κ2) is 26.4. The summed E-state index contributed by atoms with van der Waals surface area (Å²) in [5.41, 5.74) is 10.3. The SMILES string of the molecule is [C-]#[N+]c1c2c(nn1CCNC(=O)CCCCCCCCC(=O)N[C@H]1C[C@@H](C(=O)N[C@H](CC)c3ccccc3)N(C(=O)[C@@H](NC(=O)[C@H](C)NC)C(C)(C)C)C1)CN(C)C(=O)c1ccc(C)cc1[C@@H](C)Oc1cc-2cnc1N. The van der Waals surface area contributed by atoms with Crippen LogP contribution in [0.2, 0.25) is 0 Å². The molecule has 1 saturated heterocycles. The zero-order valence-corrected chi connectivity index (χ0v) is 45.8. The van der Waals surface area contributed by atoms with Crippen LogP contribution in [0.5, 0.6) is 5.75 Å². The van der Waals surface area contributed by atoms with E-state index in [-0.39, 0.29) is 85.7 Å². The number of nitrogens with two attached hydrogens (primary N) is 1. The standard InChI is InChI=1S/C57H78N12O7/c1-11-43(38-21-17-16-18-22-38)64-54(73)45-31-40(33-68(45)56(75)50(57(5,6)7)65-53(72)36(3)59-8)63-48(71)24-20-15-13-12-14-19-23-47(70)61-27-28-69-52(60-9)49-39-30-46(51(58)62-32-39)76-37(4)42-29-35(2)25-26-41(42)55(74)67(10)34-44(49)66-69/h16-18,21-22,25-26,29-30,32,36-37,40,43,45,50,59H,11-15,19-20,23-24,27-28,31,33-34H2,1-8,10H3,(H2,58,62)(H,61,70)(H,63,71)(H,64,73)(H,65,72)/t36-,37+,40-,43+,45-,50+/m0/s1. The van der Waals surface area contributed by atoms with Gasteiger partial charge in [0, 0.05) is 55.4 Å². The highest BCUT2D eigenvalue weighted by molar-refractivity contribution is 5.96. The molecule has 2 aliphatic rings. The van der Waals surface area contributed by atoms with Crippen molar-refractivity contribution in [2.75, 3.05) is 32.9 Å². The number of benzene rings is 2. The summed E-state index contributed by atoms with van der Waals surface area (Å²) in [6, 6.07) is 14.0. The highest BCUT2D eigenvalue weighted by Crippen LogP contribution is 2.39. The molecule has 408 valence electrons. The molecule has 7 N–H and O–H groups in total. The molecule has 4 heterocycles. The van der Waals surface area contributed by atoms with E-state index in [4.69, 9.17) is 22.1 Å². The van der Waals surface area contributed by atoms with Crippen molar-refractivity contribution in [3.05, 3.63) is 100 Å². The molecule has 4 aromatic rings. The number of nitrogen functional groups attached to an aromatic ring is 1. The number of unbranched alkanes of at least 4 members (excludes halogenated alkanes) is 5. The third-order valence-corrected chi connectivity index (χ3v) is 14.3. The van der Waals surface area contributed by atoms with Crippen LogP contribution < -0.4 is 37.1 Å². The molecule has 2 aromatic heterocycles. The molecule has 2 bridgehead atoms. The van der Waals surface area contributed by atoms with Gasteiger partial charge in [-0.1, -0.05) is 108 Å². The third-order valence-electron chi connectivity index (χ3n) is 14.3. The number of pyridine rings is 1. The lowest BCUT2D eigenvalue weighted by molar-refractivity contribution is -0.144. The lowest BCUT2D eigenvalue weighted by Gasteiger charge is -2.36. The number of hydrogen-bond acceptors (Lipinski definition) is 11. The van der Waals surface area contributed by atoms with Crippen molar-refractivity contribution in [3.8, 4) is 16.9 Å². The molecule has 1 fully saturated rings. The van der Waals surface area contributed by atoms with Crippen LogP contribution in [0, 0.1) is 18.9 Å². The van der Waals surface area contributed by atoms with Crippen LogP contribution in [-0.2, 0) is 37.1 Å². The van der Waals surface area contributed by atoms with Gasteiger partial charge >= 0.3 is 0 Å². The summed E-state index contributed by atoms with van der Waals surface area (Å²) in [5, 5.41) is 19.8. The molecule has 6 atom stereocenters. The number of anilines is 1. The number of carbonyl (C=O) groups is 6. The van der Waals surface area contributed by atoms with E-state index in [1.807, 2.05) is 84.0 Å². The van der Waals surface area contributed by atoms with Gasteiger partial charge in [0.25, 0.3) is 11.7 Å². The molecule has 76 heavy (non-hydrogen) atoms. The number of hydrogen-bond donors (Lipinski definition) is 6. The van der Waals surface area contributed by atoms with Crippen LogP contribution in [0.15, 0.2) is 60.8 Å². The van der Waals surface area contributed by atoms with E-state index in [0.717, 1.165) is 36.8 Å². The summed E-state index contributed by atoms with van der Waals surface area (Å²) in [7, 11) is 3.37. The van der Waals surface area contributed by atoms with Gasteiger partial charge in [0.15, 0.2) is 11.6 Å². The maximum absolute atomic E-state index is 14.4. The van der Waals surface area contributed by atoms with Gasteiger partial charge in [0.2, 0.25) is 29.5 Å². The highest BCUT2D eigenvalue weighted by atomic mass is 16.5. The maximum Gasteiger partial charge on any atom is 0.260 e. The molecule has 19 heteroatoms. The summed E-state index contributed by atoms with van der Waals surface area (Å²) in [6.07, 6.45) is 7.36. The first-order chi connectivity index (χ1) is 36.2. The van der Waals surface area contributed by atoms with E-state index in [1.165, 1.54) is 4.90 Å². The van der Waals surface area contributed by atoms with Gasteiger partial charge in [-0.05, 0) is 82.2 Å². The second-order valence-corrected chi connectivity index (χ2v) is 21.3. The van der Waals surface area contributed by atoms with Crippen molar-refractivity contribution in [2.45, 2.75) is 162 Å². The molecule has 6 rings (SSSR count). The lowest BCUT2D eigenvalue weighted by atomic mass is 9.85. The van der Waals surface area contributed by atoms with Gasteiger partial charge in [-0.2, -0.15) is 4.68 Å². The van der Waals surface area contributed by atoms with Gasteiger partial charge in [-0.15, -0.1) is 5.10 Å². The summed E-state index contributed by atoms with van der Waals surface area (Å²) in [6.45, 7) is 22.0. The minimum Gasteiger partial charge on any atom is -0.482 e. The summed E-state index contributed by atoms with van der Waals surface area (Å²) in [4.78, 5) is 93.0. The number of likely N-dealkylation sites (tertiary alicyclic amines) is 1. The van der Waals surface area contributed by atoms with E-state index in [0.29, 0.717) is 65.8 Å². The fourth-order valence-electron chi connectivity index (χ4n) is 9.82. The first-order valence-electron chi connectivity index (χ1n) is 26.7. The molecular weight excluding hydrogens is 965 g/mol. The van der Waals surface area contributed by atoms with Gasteiger partial charge in [0.05, 0.1) is 25.2 Å². The van der Waals surface area contributed by atoms with Gasteiger partial charge in [0.1, 0.15) is 30.4 Å². The Hall–Kier alpha value is -7.33. The van der Waals surface area contributed by atoms with Crippen LogP contribution in [0.25, 0.3) is 16.0 Å². The van der Waals surface area contributed by atoms with E-state index < -0.39 is 35.7 Å². The number of nitrogens with one attached hydrogen (secondary N) is 5. The highest BCUT2D eigenvalue weighted by Gasteiger charge is 2.46. The minimum absolute atomic E-state index is 0.111. The van der Waals surface area contributed by atoms with Gasteiger partial charge < -0.3 is 51.7 Å². The molecule has 6 amide bonds. The predicted octanol–water partition coefficient (Wildman–Crippen LogP) is 6.84. The van der Waals surface area contributed by atoms with Crippen LogP contribution in [0.3, 0.4) is 0 Å². The number of likely N-dealkylation sites (N-methyl/N-ethyl adjacent to an activating group) is 1. The van der Waals surface area contributed by atoms with E-state index >= 15 is 0 Å². The Morgan fingerprint density at radius 3 is 2.30 bits per heavy atom. The van der Waals surface area contributed by atoms with Crippen LogP contribution in [0.1, 0.15) is 151 Å². The van der Waals surface area contributed by atoms with Crippen LogP contribution >= 0.6 is 0 Å². The van der Waals surface area contributed by atoms with Crippen molar-refractivity contribution < 1.29 is 33.5 Å². The van der Waals surface area contributed by atoms with Crippen molar-refractivity contribution >= 4 is 47.1 Å².